The van der Waals surface area contributed by atoms with E-state index < -0.39 is 24.3 Å². The molecule has 2 N–H and O–H groups in total. The zero-order chi connectivity index (χ0) is 9.84. The maximum Gasteiger partial charge on any atom is 0.129 e. The minimum Gasteiger partial charge on any atom is -0.394 e. The van der Waals surface area contributed by atoms with Crippen LogP contribution in [0.25, 0.3) is 0 Å². The topological polar surface area (TPSA) is 40.5 Å². The largest absolute Gasteiger partial charge is 0.394 e. The third-order valence-corrected chi connectivity index (χ3v) is 1.68. The molecule has 2 nitrogen and oxygen atoms in total. The van der Waals surface area contributed by atoms with Gasteiger partial charge in [-0.05, 0) is 11.6 Å². The molecular formula is C9H10F2O2. The Hall–Kier alpha value is -1.00. The molecular weight excluding hydrogens is 178 g/mol. The summed E-state index contributed by atoms with van der Waals surface area (Å²) in [6.07, 6.45) is -1.01. The van der Waals surface area contributed by atoms with E-state index >= 15 is 0 Å². The quantitative estimate of drug-likeness (QED) is 0.738. The lowest BCUT2D eigenvalue weighted by molar-refractivity contribution is 0.0948. The zero-order valence-corrected chi connectivity index (χ0v) is 6.87. The number of hydrogen-bond acceptors (Lipinski definition) is 2. The van der Waals surface area contributed by atoms with Crippen LogP contribution in [0.5, 0.6) is 0 Å². The molecule has 1 atom stereocenters. The van der Waals surface area contributed by atoms with Gasteiger partial charge >= 0.3 is 0 Å². The minimum atomic E-state index is -1.00. The number of rotatable bonds is 3. The second-order valence-corrected chi connectivity index (χ2v) is 2.78. The second-order valence-electron chi connectivity index (χ2n) is 2.78. The lowest BCUT2D eigenvalue weighted by Crippen LogP contribution is -2.15. The molecule has 0 amide bonds. The van der Waals surface area contributed by atoms with E-state index in [1.165, 1.54) is 6.07 Å². The Bertz CT molecular complexity index is 289. The molecule has 0 aliphatic carbocycles. The summed E-state index contributed by atoms with van der Waals surface area (Å²) in [6, 6.07) is 3.12. The summed E-state index contributed by atoms with van der Waals surface area (Å²) >= 11 is 0. The SMILES string of the molecule is OCC(O)Cc1ccc(F)cc1F. The number of halogens is 2. The van der Waals surface area contributed by atoms with Crippen LogP contribution in [0.15, 0.2) is 18.2 Å². The molecule has 0 radical (unpaired) electrons. The second kappa shape index (κ2) is 4.30. The number of aliphatic hydroxyl groups is 2. The fourth-order valence-electron chi connectivity index (χ4n) is 1.01. The van der Waals surface area contributed by atoms with Crippen LogP contribution in [-0.2, 0) is 6.42 Å². The maximum absolute atomic E-state index is 12.9. The van der Waals surface area contributed by atoms with Gasteiger partial charge in [-0.3, -0.25) is 0 Å². The molecule has 0 aliphatic rings. The highest BCUT2D eigenvalue weighted by Crippen LogP contribution is 2.11. The Balaban J connectivity index is 2.77. The van der Waals surface area contributed by atoms with Crippen LogP contribution in [0, 0.1) is 11.6 Å². The molecule has 0 saturated heterocycles. The Labute approximate surface area is 74.4 Å². The van der Waals surface area contributed by atoms with Crippen molar-refractivity contribution in [3.63, 3.8) is 0 Å². The Morgan fingerprint density at radius 3 is 2.54 bits per heavy atom. The minimum absolute atomic E-state index is 0.0113. The van der Waals surface area contributed by atoms with Gasteiger partial charge in [0.15, 0.2) is 0 Å². The fraction of sp³-hybridized carbons (Fsp3) is 0.333. The van der Waals surface area contributed by atoms with Crippen molar-refractivity contribution in [1.29, 1.82) is 0 Å². The molecule has 4 heteroatoms. The molecule has 0 heterocycles. The highest BCUT2D eigenvalue weighted by Gasteiger charge is 2.08. The van der Waals surface area contributed by atoms with Crippen molar-refractivity contribution in [2.24, 2.45) is 0 Å². The van der Waals surface area contributed by atoms with Gasteiger partial charge in [0, 0.05) is 12.5 Å². The van der Waals surface area contributed by atoms with Crippen molar-refractivity contribution in [1.82, 2.24) is 0 Å². The van der Waals surface area contributed by atoms with Gasteiger partial charge < -0.3 is 10.2 Å². The van der Waals surface area contributed by atoms with Crippen LogP contribution >= 0.6 is 0 Å². The summed E-state index contributed by atoms with van der Waals surface area (Å²) in [5, 5.41) is 17.5. The Kier molecular flexibility index (Phi) is 3.33. The van der Waals surface area contributed by atoms with Crippen molar-refractivity contribution < 1.29 is 19.0 Å². The fourth-order valence-corrected chi connectivity index (χ4v) is 1.01. The summed E-state index contributed by atoms with van der Waals surface area (Å²) in [7, 11) is 0. The van der Waals surface area contributed by atoms with Crippen LogP contribution in [0.3, 0.4) is 0 Å². The average Bonchev–Trinajstić information content (AvgIpc) is 2.09. The molecule has 0 spiro atoms. The number of benzene rings is 1. The summed E-state index contributed by atoms with van der Waals surface area (Å²) in [6.45, 7) is -0.434. The van der Waals surface area contributed by atoms with Gasteiger partial charge in [0.2, 0.25) is 0 Å². The van der Waals surface area contributed by atoms with Crippen LogP contribution in [0.2, 0.25) is 0 Å². The first-order valence-corrected chi connectivity index (χ1v) is 3.86. The van der Waals surface area contributed by atoms with E-state index in [-0.39, 0.29) is 12.0 Å². The van der Waals surface area contributed by atoms with Crippen LogP contribution in [-0.4, -0.2) is 22.9 Å². The van der Waals surface area contributed by atoms with Gasteiger partial charge in [-0.25, -0.2) is 8.78 Å². The van der Waals surface area contributed by atoms with Gasteiger partial charge in [0.05, 0.1) is 12.7 Å². The average molecular weight is 188 g/mol. The molecule has 1 aromatic carbocycles. The number of hydrogen-bond donors (Lipinski definition) is 2. The monoisotopic (exact) mass is 188 g/mol. The predicted octanol–water partition coefficient (Wildman–Crippen LogP) is 0.861. The van der Waals surface area contributed by atoms with E-state index in [0.29, 0.717) is 0 Å². The van der Waals surface area contributed by atoms with Crippen LogP contribution < -0.4 is 0 Å². The van der Waals surface area contributed by atoms with Gasteiger partial charge in [0.1, 0.15) is 11.6 Å². The van der Waals surface area contributed by atoms with Crippen molar-refractivity contribution in [2.75, 3.05) is 6.61 Å². The first kappa shape index (κ1) is 10.1. The van der Waals surface area contributed by atoms with E-state index in [1.807, 2.05) is 0 Å². The van der Waals surface area contributed by atoms with Gasteiger partial charge in [-0.2, -0.15) is 0 Å². The molecule has 13 heavy (non-hydrogen) atoms. The molecule has 0 fully saturated rings. The molecule has 1 unspecified atom stereocenters. The molecule has 0 aromatic heterocycles. The van der Waals surface area contributed by atoms with Gasteiger partial charge in [-0.15, -0.1) is 0 Å². The summed E-state index contributed by atoms with van der Waals surface area (Å²) in [4.78, 5) is 0. The van der Waals surface area contributed by atoms with Crippen molar-refractivity contribution in [2.45, 2.75) is 12.5 Å². The van der Waals surface area contributed by atoms with Crippen LogP contribution in [0.1, 0.15) is 5.56 Å². The molecule has 0 aliphatic heterocycles. The molecule has 0 saturated carbocycles. The first-order chi connectivity index (χ1) is 6.13. The van der Waals surface area contributed by atoms with Gasteiger partial charge in [0.25, 0.3) is 0 Å². The number of aliphatic hydroxyl groups excluding tert-OH is 2. The van der Waals surface area contributed by atoms with E-state index in [2.05, 4.69) is 0 Å². The van der Waals surface area contributed by atoms with E-state index in [0.717, 1.165) is 12.1 Å². The van der Waals surface area contributed by atoms with Crippen molar-refractivity contribution >= 4 is 0 Å². The first-order valence-electron chi connectivity index (χ1n) is 3.86. The standard InChI is InChI=1S/C9H10F2O2/c10-7-2-1-6(9(11)4-7)3-8(13)5-12/h1-2,4,8,12-13H,3,5H2. The smallest absolute Gasteiger partial charge is 0.129 e. The summed E-state index contributed by atoms with van der Waals surface area (Å²) < 4.78 is 25.3. The highest BCUT2D eigenvalue weighted by molar-refractivity contribution is 5.19. The predicted molar refractivity (Wildman–Crippen MR) is 43.2 cm³/mol. The molecule has 0 bridgehead atoms. The third kappa shape index (κ3) is 2.75. The maximum atomic E-state index is 12.9. The van der Waals surface area contributed by atoms with E-state index in [4.69, 9.17) is 10.2 Å². The zero-order valence-electron chi connectivity index (χ0n) is 6.87. The van der Waals surface area contributed by atoms with Crippen molar-refractivity contribution in [3.8, 4) is 0 Å². The summed E-state index contributed by atoms with van der Waals surface area (Å²) in [5.41, 5.74) is 0.197. The Morgan fingerprint density at radius 2 is 2.00 bits per heavy atom. The van der Waals surface area contributed by atoms with E-state index in [1.54, 1.807) is 0 Å². The summed E-state index contributed by atoms with van der Waals surface area (Å²) in [5.74, 6) is -1.35. The third-order valence-electron chi connectivity index (χ3n) is 1.68. The van der Waals surface area contributed by atoms with Gasteiger partial charge in [-0.1, -0.05) is 6.07 Å². The highest BCUT2D eigenvalue weighted by atomic mass is 19.1. The molecule has 1 rings (SSSR count). The normalized spacial score (nSPS) is 12.9. The Morgan fingerprint density at radius 1 is 1.31 bits per heavy atom. The van der Waals surface area contributed by atoms with Crippen molar-refractivity contribution in [3.05, 3.63) is 35.4 Å². The lowest BCUT2D eigenvalue weighted by atomic mass is 10.1. The molecule has 72 valence electrons. The lowest BCUT2D eigenvalue weighted by Gasteiger charge is -2.07. The van der Waals surface area contributed by atoms with Crippen LogP contribution in [0.4, 0.5) is 8.78 Å². The van der Waals surface area contributed by atoms with E-state index in [9.17, 15) is 8.78 Å². The molecule has 1 aromatic rings.